The highest BCUT2D eigenvalue weighted by molar-refractivity contribution is 9.10. The van der Waals surface area contributed by atoms with E-state index in [-0.39, 0.29) is 17.2 Å². The normalized spacial score (nSPS) is 10.1. The van der Waals surface area contributed by atoms with Crippen LogP contribution in [0.5, 0.6) is 0 Å². The fourth-order valence-corrected chi connectivity index (χ4v) is 1.99. The number of halogens is 1. The fourth-order valence-electron chi connectivity index (χ4n) is 1.63. The smallest absolute Gasteiger partial charge is 0.354 e. The number of benzene rings is 1. The van der Waals surface area contributed by atoms with E-state index in [0.717, 1.165) is 10.0 Å². The first-order chi connectivity index (χ1) is 9.49. The van der Waals surface area contributed by atoms with Crippen molar-refractivity contribution in [2.24, 2.45) is 0 Å². The highest BCUT2D eigenvalue weighted by Gasteiger charge is 2.12. The Labute approximate surface area is 123 Å². The summed E-state index contributed by atoms with van der Waals surface area (Å²) in [6.45, 7) is 1.87. The standard InChI is InChI=1S/C14H11BrN2O3/c1-8-10(15)3-2-4-11(8)17-13(18)9-5-6-16-12(7-9)14(19)20/h2-7H,1H3,(H,17,18)(H,19,20). The number of carbonyl (C=O) groups is 2. The molecule has 0 aliphatic rings. The topological polar surface area (TPSA) is 79.3 Å². The van der Waals surface area contributed by atoms with Crippen LogP contribution in [0.1, 0.15) is 26.4 Å². The summed E-state index contributed by atoms with van der Waals surface area (Å²) in [6.07, 6.45) is 1.30. The van der Waals surface area contributed by atoms with E-state index in [9.17, 15) is 9.59 Å². The van der Waals surface area contributed by atoms with Crippen molar-refractivity contribution in [3.05, 3.63) is 57.8 Å². The summed E-state index contributed by atoms with van der Waals surface area (Å²) in [5.74, 6) is -1.55. The van der Waals surface area contributed by atoms with Crippen LogP contribution in [0, 0.1) is 6.92 Å². The second kappa shape index (κ2) is 5.83. The van der Waals surface area contributed by atoms with Gasteiger partial charge in [-0.3, -0.25) is 4.79 Å². The zero-order chi connectivity index (χ0) is 14.7. The molecule has 2 N–H and O–H groups in total. The zero-order valence-corrected chi connectivity index (χ0v) is 12.1. The summed E-state index contributed by atoms with van der Waals surface area (Å²) in [5.41, 5.74) is 1.65. The van der Waals surface area contributed by atoms with Gasteiger partial charge in [-0.25, -0.2) is 9.78 Å². The minimum atomic E-state index is -1.17. The number of hydrogen-bond acceptors (Lipinski definition) is 3. The molecular formula is C14H11BrN2O3. The molecule has 1 heterocycles. The number of anilines is 1. The van der Waals surface area contributed by atoms with Crippen LogP contribution >= 0.6 is 15.9 Å². The summed E-state index contributed by atoms with van der Waals surface area (Å²) in [4.78, 5) is 26.6. The Morgan fingerprint density at radius 1 is 1.30 bits per heavy atom. The molecule has 102 valence electrons. The van der Waals surface area contributed by atoms with E-state index in [2.05, 4.69) is 26.2 Å². The lowest BCUT2D eigenvalue weighted by Gasteiger charge is -2.09. The summed E-state index contributed by atoms with van der Waals surface area (Å²) >= 11 is 3.38. The predicted molar refractivity (Wildman–Crippen MR) is 78.0 cm³/mol. The molecule has 6 heteroatoms. The molecule has 1 amide bonds. The number of carbonyl (C=O) groups excluding carboxylic acids is 1. The van der Waals surface area contributed by atoms with Crippen LogP contribution in [0.15, 0.2) is 41.0 Å². The monoisotopic (exact) mass is 334 g/mol. The first-order valence-electron chi connectivity index (χ1n) is 5.75. The Morgan fingerprint density at radius 3 is 2.75 bits per heavy atom. The average Bonchev–Trinajstić information content (AvgIpc) is 2.44. The van der Waals surface area contributed by atoms with E-state index >= 15 is 0 Å². The summed E-state index contributed by atoms with van der Waals surface area (Å²) < 4.78 is 0.885. The maximum Gasteiger partial charge on any atom is 0.354 e. The first kappa shape index (κ1) is 14.2. The van der Waals surface area contributed by atoms with Crippen LogP contribution < -0.4 is 5.32 Å². The van der Waals surface area contributed by atoms with Gasteiger partial charge in [0.2, 0.25) is 0 Å². The molecule has 1 aromatic carbocycles. The summed E-state index contributed by atoms with van der Waals surface area (Å²) in [6, 6.07) is 8.17. The quantitative estimate of drug-likeness (QED) is 0.903. The second-order valence-corrected chi connectivity index (χ2v) is 4.96. The molecular weight excluding hydrogens is 324 g/mol. The first-order valence-corrected chi connectivity index (χ1v) is 6.54. The number of hydrogen-bond donors (Lipinski definition) is 2. The number of amides is 1. The van der Waals surface area contributed by atoms with Gasteiger partial charge in [0.05, 0.1) is 0 Å². The molecule has 20 heavy (non-hydrogen) atoms. The molecule has 0 fully saturated rings. The lowest BCUT2D eigenvalue weighted by atomic mass is 10.1. The van der Waals surface area contributed by atoms with E-state index in [4.69, 9.17) is 5.11 Å². The highest BCUT2D eigenvalue weighted by atomic mass is 79.9. The summed E-state index contributed by atoms with van der Waals surface area (Å²) in [7, 11) is 0. The Morgan fingerprint density at radius 2 is 2.05 bits per heavy atom. The Hall–Kier alpha value is -2.21. The molecule has 0 aliphatic carbocycles. The number of nitrogens with zero attached hydrogens (tertiary/aromatic N) is 1. The number of pyridine rings is 1. The molecule has 0 radical (unpaired) electrons. The molecule has 0 atom stereocenters. The molecule has 5 nitrogen and oxygen atoms in total. The van der Waals surface area contributed by atoms with Crippen LogP contribution in [0.2, 0.25) is 0 Å². The van der Waals surface area contributed by atoms with E-state index in [1.807, 2.05) is 19.1 Å². The van der Waals surface area contributed by atoms with Crippen LogP contribution in [0.3, 0.4) is 0 Å². The minimum Gasteiger partial charge on any atom is -0.477 e. The Balaban J connectivity index is 2.26. The van der Waals surface area contributed by atoms with Crippen LogP contribution in [-0.4, -0.2) is 22.0 Å². The third-order valence-electron chi connectivity index (χ3n) is 2.76. The number of rotatable bonds is 3. The maximum atomic E-state index is 12.1. The highest BCUT2D eigenvalue weighted by Crippen LogP contribution is 2.23. The van der Waals surface area contributed by atoms with Crippen molar-refractivity contribution in [2.45, 2.75) is 6.92 Å². The van der Waals surface area contributed by atoms with Gasteiger partial charge in [0.25, 0.3) is 5.91 Å². The van der Waals surface area contributed by atoms with Crippen LogP contribution in [0.25, 0.3) is 0 Å². The van der Waals surface area contributed by atoms with Crippen molar-refractivity contribution in [1.29, 1.82) is 0 Å². The summed E-state index contributed by atoms with van der Waals surface area (Å²) in [5, 5.41) is 11.6. The largest absolute Gasteiger partial charge is 0.477 e. The lowest BCUT2D eigenvalue weighted by molar-refractivity contribution is 0.0690. The average molecular weight is 335 g/mol. The molecule has 2 rings (SSSR count). The molecule has 0 bridgehead atoms. The van der Waals surface area contributed by atoms with Crippen molar-refractivity contribution in [3.63, 3.8) is 0 Å². The Kier molecular flexibility index (Phi) is 4.14. The van der Waals surface area contributed by atoms with Gasteiger partial charge in [-0.05, 0) is 36.8 Å². The molecule has 1 aromatic heterocycles. The molecule has 0 unspecified atom stereocenters. The van der Waals surface area contributed by atoms with E-state index in [1.165, 1.54) is 18.3 Å². The van der Waals surface area contributed by atoms with Gasteiger partial charge < -0.3 is 10.4 Å². The van der Waals surface area contributed by atoms with Crippen LogP contribution in [0.4, 0.5) is 5.69 Å². The van der Waals surface area contributed by atoms with Crippen molar-refractivity contribution >= 4 is 33.5 Å². The third kappa shape index (κ3) is 3.03. The van der Waals surface area contributed by atoms with Gasteiger partial charge in [-0.2, -0.15) is 0 Å². The van der Waals surface area contributed by atoms with Gasteiger partial charge >= 0.3 is 5.97 Å². The van der Waals surface area contributed by atoms with Crippen molar-refractivity contribution < 1.29 is 14.7 Å². The fraction of sp³-hybridized carbons (Fsp3) is 0.0714. The maximum absolute atomic E-state index is 12.1. The van der Waals surface area contributed by atoms with Gasteiger partial charge in [0, 0.05) is 21.9 Å². The number of aromatic carboxylic acids is 1. The molecule has 0 saturated carbocycles. The van der Waals surface area contributed by atoms with E-state index < -0.39 is 5.97 Å². The SMILES string of the molecule is Cc1c(Br)cccc1NC(=O)c1ccnc(C(=O)O)c1. The number of aromatic nitrogens is 1. The number of carboxylic acid groups (broad SMARTS) is 1. The second-order valence-electron chi connectivity index (χ2n) is 4.10. The predicted octanol–water partition coefficient (Wildman–Crippen LogP) is 3.10. The minimum absolute atomic E-state index is 0.163. The molecule has 0 saturated heterocycles. The van der Waals surface area contributed by atoms with E-state index in [1.54, 1.807) is 6.07 Å². The zero-order valence-electron chi connectivity index (χ0n) is 10.6. The van der Waals surface area contributed by atoms with Gasteiger partial charge in [-0.1, -0.05) is 22.0 Å². The molecule has 2 aromatic rings. The van der Waals surface area contributed by atoms with Gasteiger partial charge in [0.15, 0.2) is 0 Å². The molecule has 0 aliphatic heterocycles. The number of carboxylic acids is 1. The van der Waals surface area contributed by atoms with E-state index in [0.29, 0.717) is 5.69 Å². The van der Waals surface area contributed by atoms with Gasteiger partial charge in [-0.15, -0.1) is 0 Å². The van der Waals surface area contributed by atoms with Crippen molar-refractivity contribution in [3.8, 4) is 0 Å². The van der Waals surface area contributed by atoms with Gasteiger partial charge in [0.1, 0.15) is 5.69 Å². The number of nitrogens with one attached hydrogen (secondary N) is 1. The lowest BCUT2D eigenvalue weighted by Crippen LogP contribution is -2.14. The third-order valence-corrected chi connectivity index (χ3v) is 3.62. The van der Waals surface area contributed by atoms with Crippen molar-refractivity contribution in [2.75, 3.05) is 5.32 Å². The Bertz CT molecular complexity index is 686. The molecule has 0 spiro atoms. The van der Waals surface area contributed by atoms with Crippen LogP contribution in [-0.2, 0) is 0 Å². The van der Waals surface area contributed by atoms with Crippen molar-refractivity contribution in [1.82, 2.24) is 4.98 Å².